The van der Waals surface area contributed by atoms with Gasteiger partial charge in [-0.3, -0.25) is 9.59 Å². The molecule has 1 atom stereocenters. The van der Waals surface area contributed by atoms with Crippen LogP contribution >= 0.6 is 11.8 Å². The number of hydrogen-bond acceptors (Lipinski definition) is 6. The average Bonchev–Trinajstić information content (AvgIpc) is 2.94. The Balaban J connectivity index is 1.65. The number of benzene rings is 2. The molecule has 0 radical (unpaired) electrons. The van der Waals surface area contributed by atoms with Gasteiger partial charge in [0.25, 0.3) is 0 Å². The number of amides is 2. The number of piperidine rings is 1. The van der Waals surface area contributed by atoms with E-state index in [0.29, 0.717) is 30.2 Å². The van der Waals surface area contributed by atoms with Crippen LogP contribution in [0.5, 0.6) is 5.75 Å². The summed E-state index contributed by atoms with van der Waals surface area (Å²) in [5.41, 5.74) is 1.92. The van der Waals surface area contributed by atoms with Crippen LogP contribution in [0.3, 0.4) is 0 Å². The number of carbonyl (C=O) groups is 2. The van der Waals surface area contributed by atoms with Gasteiger partial charge in [-0.1, -0.05) is 19.4 Å². The molecule has 4 rings (SSSR count). The van der Waals surface area contributed by atoms with Gasteiger partial charge in [0.05, 0.1) is 23.4 Å². The molecule has 1 N–H and O–H groups in total. The maximum atomic E-state index is 13.3. The van der Waals surface area contributed by atoms with Crippen molar-refractivity contribution >= 4 is 45.0 Å². The molecule has 8 nitrogen and oxygen atoms in total. The number of carbonyl (C=O) groups excluding carboxylic acids is 2. The highest BCUT2D eigenvalue weighted by Crippen LogP contribution is 2.40. The van der Waals surface area contributed by atoms with Crippen LogP contribution in [0.4, 0.5) is 11.4 Å². The van der Waals surface area contributed by atoms with E-state index in [2.05, 4.69) is 5.32 Å². The SMILES string of the molecule is COc1ccc(C)cc1NC(=O)CN1C(=O)CC(C)Sc2ccc(S(=O)(=O)N3CCCCC3)cc21. The van der Waals surface area contributed by atoms with Gasteiger partial charge in [-0.15, -0.1) is 11.8 Å². The molecule has 1 fully saturated rings. The number of sulfonamides is 1. The highest BCUT2D eigenvalue weighted by Gasteiger charge is 2.32. The van der Waals surface area contributed by atoms with Crippen molar-refractivity contribution in [2.24, 2.45) is 0 Å². The fourth-order valence-electron chi connectivity index (χ4n) is 4.40. The molecule has 0 saturated carbocycles. The van der Waals surface area contributed by atoms with Gasteiger partial charge in [-0.05, 0) is 55.7 Å². The quantitative estimate of drug-likeness (QED) is 0.622. The Morgan fingerprint density at radius 3 is 2.60 bits per heavy atom. The zero-order valence-electron chi connectivity index (χ0n) is 20.2. The van der Waals surface area contributed by atoms with E-state index in [1.54, 1.807) is 30.3 Å². The summed E-state index contributed by atoms with van der Waals surface area (Å²) in [6, 6.07) is 10.4. The Labute approximate surface area is 211 Å². The second-order valence-corrected chi connectivity index (χ2v) is 12.4. The standard InChI is InChI=1S/C25H31N3O5S2/c1-17-7-9-22(33-3)20(13-17)26-24(29)16-28-21-15-19(35(31,32)27-11-5-4-6-12-27)8-10-23(21)34-18(2)14-25(28)30/h7-10,13,15,18H,4-6,11-12,14,16H2,1-3H3,(H,26,29). The number of anilines is 2. The zero-order chi connectivity index (χ0) is 25.2. The number of fused-ring (bicyclic) bond motifs is 1. The number of methoxy groups -OCH3 is 1. The van der Waals surface area contributed by atoms with Gasteiger partial charge in [0, 0.05) is 29.7 Å². The fourth-order valence-corrected chi connectivity index (χ4v) is 7.03. The van der Waals surface area contributed by atoms with Crippen molar-refractivity contribution in [1.29, 1.82) is 0 Å². The van der Waals surface area contributed by atoms with Crippen LogP contribution in [0.2, 0.25) is 0 Å². The smallest absolute Gasteiger partial charge is 0.244 e. The summed E-state index contributed by atoms with van der Waals surface area (Å²) in [7, 11) is -2.16. The van der Waals surface area contributed by atoms with E-state index in [0.717, 1.165) is 29.7 Å². The number of aryl methyl sites for hydroxylation is 1. The van der Waals surface area contributed by atoms with Gasteiger partial charge >= 0.3 is 0 Å². The molecule has 0 spiro atoms. The highest BCUT2D eigenvalue weighted by atomic mass is 32.2. The molecule has 2 amide bonds. The number of ether oxygens (including phenoxy) is 1. The maximum absolute atomic E-state index is 13.3. The minimum absolute atomic E-state index is 0.00395. The lowest BCUT2D eigenvalue weighted by Crippen LogP contribution is -2.39. The molecule has 10 heteroatoms. The molecule has 188 valence electrons. The molecule has 1 unspecified atom stereocenters. The third kappa shape index (κ3) is 5.65. The fraction of sp³-hybridized carbons (Fsp3) is 0.440. The third-order valence-electron chi connectivity index (χ3n) is 6.20. The average molecular weight is 518 g/mol. The van der Waals surface area contributed by atoms with Crippen LogP contribution in [-0.4, -0.2) is 56.5 Å². The maximum Gasteiger partial charge on any atom is 0.244 e. The largest absolute Gasteiger partial charge is 0.495 e. The predicted octanol–water partition coefficient (Wildman–Crippen LogP) is 4.03. The number of nitrogens with one attached hydrogen (secondary N) is 1. The Hall–Kier alpha value is -2.56. The van der Waals surface area contributed by atoms with Crippen LogP contribution in [0, 0.1) is 6.92 Å². The Morgan fingerprint density at radius 2 is 1.89 bits per heavy atom. The summed E-state index contributed by atoms with van der Waals surface area (Å²) in [5, 5.41) is 2.83. The molecule has 1 saturated heterocycles. The van der Waals surface area contributed by atoms with Crippen molar-refractivity contribution in [3.63, 3.8) is 0 Å². The van der Waals surface area contributed by atoms with Crippen LogP contribution in [-0.2, 0) is 19.6 Å². The van der Waals surface area contributed by atoms with Crippen LogP contribution in [0.25, 0.3) is 0 Å². The summed E-state index contributed by atoms with van der Waals surface area (Å²) >= 11 is 1.51. The first kappa shape index (κ1) is 25.5. The molecular formula is C25H31N3O5S2. The topological polar surface area (TPSA) is 96.0 Å². The van der Waals surface area contributed by atoms with Gasteiger partial charge in [0.2, 0.25) is 21.8 Å². The van der Waals surface area contributed by atoms with Crippen LogP contribution < -0.4 is 15.0 Å². The Bertz CT molecular complexity index is 1230. The molecular weight excluding hydrogens is 486 g/mol. The number of hydrogen-bond donors (Lipinski definition) is 1. The summed E-state index contributed by atoms with van der Waals surface area (Å²) in [6.45, 7) is 4.62. The summed E-state index contributed by atoms with van der Waals surface area (Å²) < 4.78 is 33.5. The molecule has 2 aliphatic heterocycles. The van der Waals surface area contributed by atoms with Gasteiger partial charge in [0.15, 0.2) is 0 Å². The van der Waals surface area contributed by atoms with Gasteiger partial charge < -0.3 is 15.0 Å². The summed E-state index contributed by atoms with van der Waals surface area (Å²) in [4.78, 5) is 28.5. The minimum Gasteiger partial charge on any atom is -0.495 e. The summed E-state index contributed by atoms with van der Waals surface area (Å²) in [6.07, 6.45) is 2.94. The Kier molecular flexibility index (Phi) is 7.73. The van der Waals surface area contributed by atoms with Crippen molar-refractivity contribution in [3.8, 4) is 5.75 Å². The molecule has 2 aromatic carbocycles. The first-order valence-corrected chi connectivity index (χ1v) is 14.1. The molecule has 2 heterocycles. The molecule has 0 aromatic heterocycles. The second kappa shape index (κ2) is 10.6. The molecule has 35 heavy (non-hydrogen) atoms. The number of nitrogens with zero attached hydrogens (tertiary/aromatic N) is 2. The normalized spacial score (nSPS) is 19.1. The van der Waals surface area contributed by atoms with Crippen LogP contribution in [0.1, 0.15) is 38.2 Å². The lowest BCUT2D eigenvalue weighted by molar-refractivity contribution is -0.121. The van der Waals surface area contributed by atoms with E-state index in [1.807, 2.05) is 19.9 Å². The third-order valence-corrected chi connectivity index (χ3v) is 9.26. The predicted molar refractivity (Wildman–Crippen MR) is 138 cm³/mol. The van der Waals surface area contributed by atoms with E-state index < -0.39 is 15.9 Å². The van der Waals surface area contributed by atoms with E-state index in [-0.39, 0.29) is 29.0 Å². The lowest BCUT2D eigenvalue weighted by atomic mass is 10.2. The lowest BCUT2D eigenvalue weighted by Gasteiger charge is -2.27. The second-order valence-electron chi connectivity index (χ2n) is 8.96. The van der Waals surface area contributed by atoms with Gasteiger partial charge in [-0.25, -0.2) is 8.42 Å². The molecule has 2 aromatic rings. The van der Waals surface area contributed by atoms with Gasteiger partial charge in [0.1, 0.15) is 12.3 Å². The minimum atomic E-state index is -3.68. The van der Waals surface area contributed by atoms with E-state index >= 15 is 0 Å². The first-order valence-electron chi connectivity index (χ1n) is 11.7. The molecule has 2 aliphatic rings. The van der Waals surface area contributed by atoms with Gasteiger partial charge in [-0.2, -0.15) is 4.31 Å². The van der Waals surface area contributed by atoms with Crippen molar-refractivity contribution in [1.82, 2.24) is 4.31 Å². The van der Waals surface area contributed by atoms with Crippen molar-refractivity contribution in [2.75, 3.05) is 37.0 Å². The number of rotatable bonds is 6. The van der Waals surface area contributed by atoms with Crippen molar-refractivity contribution < 1.29 is 22.7 Å². The summed E-state index contributed by atoms with van der Waals surface area (Å²) in [5.74, 6) is -0.0923. The highest BCUT2D eigenvalue weighted by molar-refractivity contribution is 8.00. The van der Waals surface area contributed by atoms with Crippen molar-refractivity contribution in [3.05, 3.63) is 42.0 Å². The Morgan fingerprint density at radius 1 is 1.14 bits per heavy atom. The van der Waals surface area contributed by atoms with Crippen LogP contribution in [0.15, 0.2) is 46.2 Å². The van der Waals surface area contributed by atoms with E-state index in [1.165, 1.54) is 28.1 Å². The van der Waals surface area contributed by atoms with E-state index in [4.69, 9.17) is 4.74 Å². The molecule has 0 bridgehead atoms. The number of thioether (sulfide) groups is 1. The molecule has 0 aliphatic carbocycles. The monoisotopic (exact) mass is 517 g/mol. The van der Waals surface area contributed by atoms with Crippen molar-refractivity contribution in [2.45, 2.75) is 54.6 Å². The first-order chi connectivity index (χ1) is 16.7. The zero-order valence-corrected chi connectivity index (χ0v) is 21.9. The van der Waals surface area contributed by atoms with E-state index in [9.17, 15) is 18.0 Å².